The zero-order valence-corrected chi connectivity index (χ0v) is 18.8. The smallest absolute Gasteiger partial charge is 0.227 e. The molecule has 170 valence electrons. The van der Waals surface area contributed by atoms with Gasteiger partial charge in [-0.25, -0.2) is 14.4 Å². The molecule has 2 heterocycles. The van der Waals surface area contributed by atoms with Crippen LogP contribution in [-0.2, 0) is 6.42 Å². The Hall–Kier alpha value is -3.77. The van der Waals surface area contributed by atoms with Gasteiger partial charge in [-0.1, -0.05) is 42.5 Å². The zero-order valence-electron chi connectivity index (χ0n) is 18.8. The second kappa shape index (κ2) is 8.88. The highest BCUT2D eigenvalue weighted by molar-refractivity contribution is 5.73. The van der Waals surface area contributed by atoms with E-state index in [1.165, 1.54) is 11.8 Å². The van der Waals surface area contributed by atoms with E-state index in [1.54, 1.807) is 6.07 Å². The van der Waals surface area contributed by atoms with Crippen LogP contribution in [0.3, 0.4) is 0 Å². The van der Waals surface area contributed by atoms with Crippen molar-refractivity contribution in [2.45, 2.75) is 12.3 Å². The second-order valence-corrected chi connectivity index (χ2v) is 8.84. The van der Waals surface area contributed by atoms with Crippen LogP contribution < -0.4 is 15.5 Å². The minimum atomic E-state index is -0.172. The van der Waals surface area contributed by atoms with Gasteiger partial charge in [0.05, 0.1) is 5.69 Å². The third kappa shape index (κ3) is 3.90. The van der Waals surface area contributed by atoms with Gasteiger partial charge < -0.3 is 15.5 Å². The van der Waals surface area contributed by atoms with Gasteiger partial charge in [0.15, 0.2) is 0 Å². The SMILES string of the molecule is Fc1ccccc1C1Cc2cnc(Nc3ccc(N4CCNCC4)cc3)nc2-c2ccccc21. The normalized spacial score (nSPS) is 17.1. The van der Waals surface area contributed by atoms with Gasteiger partial charge in [-0.2, -0.15) is 0 Å². The molecule has 1 unspecified atom stereocenters. The molecule has 2 N–H and O–H groups in total. The standard InChI is InChI=1S/C28H26FN5/c29-26-8-4-3-6-23(26)25-17-19-18-31-28(33-27(19)24-7-2-1-5-22(24)25)32-20-9-11-21(12-10-20)34-15-13-30-14-16-34/h1-12,18,25,30H,13-17H2,(H,31,32,33). The van der Waals surface area contributed by atoms with E-state index in [1.807, 2.05) is 30.5 Å². The summed E-state index contributed by atoms with van der Waals surface area (Å²) in [6.45, 7) is 4.08. The number of hydrogen-bond acceptors (Lipinski definition) is 5. The number of benzene rings is 3. The van der Waals surface area contributed by atoms with Crippen molar-refractivity contribution in [2.24, 2.45) is 0 Å². The van der Waals surface area contributed by atoms with E-state index in [0.29, 0.717) is 17.9 Å². The number of aromatic nitrogens is 2. The summed E-state index contributed by atoms with van der Waals surface area (Å²) in [7, 11) is 0. The summed E-state index contributed by atoms with van der Waals surface area (Å²) in [6.07, 6.45) is 2.55. The van der Waals surface area contributed by atoms with Gasteiger partial charge in [0, 0.05) is 55.2 Å². The summed E-state index contributed by atoms with van der Waals surface area (Å²) >= 11 is 0. The molecule has 1 aliphatic heterocycles. The first-order valence-electron chi connectivity index (χ1n) is 11.8. The molecule has 1 aromatic heterocycles. The molecule has 0 saturated carbocycles. The van der Waals surface area contributed by atoms with Gasteiger partial charge in [-0.05, 0) is 53.4 Å². The summed E-state index contributed by atoms with van der Waals surface area (Å²) in [4.78, 5) is 11.9. The lowest BCUT2D eigenvalue weighted by atomic mass is 9.78. The Morgan fingerprint density at radius 1 is 0.882 bits per heavy atom. The first-order chi connectivity index (χ1) is 16.8. The summed E-state index contributed by atoms with van der Waals surface area (Å²) in [6, 6.07) is 23.6. The predicted molar refractivity (Wildman–Crippen MR) is 134 cm³/mol. The van der Waals surface area contributed by atoms with Crippen LogP contribution >= 0.6 is 0 Å². The van der Waals surface area contributed by atoms with Crippen molar-refractivity contribution in [1.82, 2.24) is 15.3 Å². The average molecular weight is 452 g/mol. The van der Waals surface area contributed by atoms with Crippen molar-refractivity contribution in [3.05, 3.63) is 102 Å². The summed E-state index contributed by atoms with van der Waals surface area (Å²) in [5, 5.41) is 6.74. The number of nitrogens with one attached hydrogen (secondary N) is 2. The molecule has 34 heavy (non-hydrogen) atoms. The largest absolute Gasteiger partial charge is 0.369 e. The first kappa shape index (κ1) is 20.8. The van der Waals surface area contributed by atoms with Crippen molar-refractivity contribution in [2.75, 3.05) is 36.4 Å². The Labute approximate surface area is 198 Å². The minimum absolute atomic E-state index is 0.0511. The van der Waals surface area contributed by atoms with Crippen LogP contribution in [0.5, 0.6) is 0 Å². The molecule has 1 saturated heterocycles. The van der Waals surface area contributed by atoms with Gasteiger partial charge in [0.1, 0.15) is 5.82 Å². The molecule has 4 aromatic rings. The van der Waals surface area contributed by atoms with Gasteiger partial charge in [0.2, 0.25) is 5.95 Å². The van der Waals surface area contributed by atoms with Crippen molar-refractivity contribution >= 4 is 17.3 Å². The highest BCUT2D eigenvalue weighted by Crippen LogP contribution is 2.42. The lowest BCUT2D eigenvalue weighted by Gasteiger charge is -2.29. The van der Waals surface area contributed by atoms with E-state index < -0.39 is 0 Å². The molecule has 0 radical (unpaired) electrons. The molecular formula is C28H26FN5. The molecular weight excluding hydrogens is 425 g/mol. The topological polar surface area (TPSA) is 53.1 Å². The number of rotatable bonds is 4. The fraction of sp³-hybridized carbons (Fsp3) is 0.214. The third-order valence-corrected chi connectivity index (χ3v) is 6.77. The van der Waals surface area contributed by atoms with Gasteiger partial charge >= 0.3 is 0 Å². The fourth-order valence-corrected chi connectivity index (χ4v) is 5.04. The number of fused-ring (bicyclic) bond motifs is 3. The Bertz CT molecular complexity index is 1310. The highest BCUT2D eigenvalue weighted by atomic mass is 19.1. The summed E-state index contributed by atoms with van der Waals surface area (Å²) < 4.78 is 14.7. The van der Waals surface area contributed by atoms with Crippen LogP contribution in [0.1, 0.15) is 22.6 Å². The maximum Gasteiger partial charge on any atom is 0.227 e. The number of piperazine rings is 1. The number of hydrogen-bond donors (Lipinski definition) is 2. The van der Waals surface area contributed by atoms with Gasteiger partial charge in [-0.3, -0.25) is 0 Å². The van der Waals surface area contributed by atoms with E-state index >= 15 is 0 Å². The van der Waals surface area contributed by atoms with Crippen LogP contribution in [0.15, 0.2) is 79.0 Å². The van der Waals surface area contributed by atoms with Crippen molar-refractivity contribution in [3.8, 4) is 11.3 Å². The zero-order chi connectivity index (χ0) is 22.9. The predicted octanol–water partition coefficient (Wildman–Crippen LogP) is 5.12. The van der Waals surface area contributed by atoms with Crippen molar-refractivity contribution < 1.29 is 4.39 Å². The maximum atomic E-state index is 14.7. The molecule has 0 amide bonds. The molecule has 1 atom stereocenters. The number of nitrogens with zero attached hydrogens (tertiary/aromatic N) is 3. The van der Waals surface area contributed by atoms with Gasteiger partial charge in [0.25, 0.3) is 0 Å². The van der Waals surface area contributed by atoms with Crippen LogP contribution in [-0.4, -0.2) is 36.1 Å². The number of anilines is 3. The van der Waals surface area contributed by atoms with E-state index in [4.69, 9.17) is 4.98 Å². The van der Waals surface area contributed by atoms with Crippen molar-refractivity contribution in [3.63, 3.8) is 0 Å². The molecule has 0 bridgehead atoms. The maximum absolute atomic E-state index is 14.7. The molecule has 1 aliphatic carbocycles. The van der Waals surface area contributed by atoms with E-state index in [9.17, 15) is 4.39 Å². The lowest BCUT2D eigenvalue weighted by molar-refractivity contribution is 0.589. The van der Waals surface area contributed by atoms with E-state index in [2.05, 4.69) is 56.9 Å². The van der Waals surface area contributed by atoms with E-state index in [0.717, 1.165) is 54.3 Å². The average Bonchev–Trinajstić information content (AvgIpc) is 2.90. The molecule has 3 aromatic carbocycles. The van der Waals surface area contributed by atoms with Crippen LogP contribution in [0.4, 0.5) is 21.7 Å². The van der Waals surface area contributed by atoms with Crippen LogP contribution in [0.25, 0.3) is 11.3 Å². The Kier molecular flexibility index (Phi) is 5.43. The second-order valence-electron chi connectivity index (χ2n) is 8.84. The van der Waals surface area contributed by atoms with Crippen molar-refractivity contribution in [1.29, 1.82) is 0 Å². The Morgan fingerprint density at radius 2 is 1.62 bits per heavy atom. The minimum Gasteiger partial charge on any atom is -0.369 e. The first-order valence-corrected chi connectivity index (χ1v) is 11.8. The van der Waals surface area contributed by atoms with E-state index in [-0.39, 0.29) is 11.7 Å². The molecule has 2 aliphatic rings. The Balaban J connectivity index is 1.28. The monoisotopic (exact) mass is 451 g/mol. The molecule has 5 nitrogen and oxygen atoms in total. The third-order valence-electron chi connectivity index (χ3n) is 6.77. The summed E-state index contributed by atoms with van der Waals surface area (Å²) in [5.41, 5.74) is 6.98. The summed E-state index contributed by atoms with van der Waals surface area (Å²) in [5.74, 6) is 0.340. The molecule has 0 spiro atoms. The van der Waals surface area contributed by atoms with Crippen LogP contribution in [0, 0.1) is 5.82 Å². The molecule has 1 fully saturated rings. The molecule has 6 rings (SSSR count). The Morgan fingerprint density at radius 3 is 2.41 bits per heavy atom. The fourth-order valence-electron chi connectivity index (χ4n) is 5.04. The quantitative estimate of drug-likeness (QED) is 0.451. The van der Waals surface area contributed by atoms with Gasteiger partial charge in [-0.15, -0.1) is 0 Å². The lowest BCUT2D eigenvalue weighted by Crippen LogP contribution is -2.43. The highest BCUT2D eigenvalue weighted by Gasteiger charge is 2.28. The molecule has 6 heteroatoms. The number of halogens is 1. The van der Waals surface area contributed by atoms with Crippen LogP contribution in [0.2, 0.25) is 0 Å².